The molecule has 0 spiro atoms. The van der Waals surface area contributed by atoms with Gasteiger partial charge in [-0.25, -0.2) is 4.79 Å². The molecular formula is C20H20N2O6. The fourth-order valence-electron chi connectivity index (χ4n) is 2.39. The van der Waals surface area contributed by atoms with Crippen LogP contribution in [0.1, 0.15) is 6.92 Å². The molecule has 0 aliphatic heterocycles. The lowest BCUT2D eigenvalue weighted by molar-refractivity contribution is -0.145. The molecule has 146 valence electrons. The van der Waals surface area contributed by atoms with Crippen molar-refractivity contribution in [2.75, 3.05) is 19.8 Å². The third-order valence-electron chi connectivity index (χ3n) is 3.66. The Bertz CT molecular complexity index is 947. The van der Waals surface area contributed by atoms with Crippen LogP contribution in [0.5, 0.6) is 11.5 Å². The molecule has 0 fully saturated rings. The summed E-state index contributed by atoms with van der Waals surface area (Å²) in [6, 6.07) is 16.1. The van der Waals surface area contributed by atoms with Crippen LogP contribution in [0, 0.1) is 0 Å². The number of esters is 1. The van der Waals surface area contributed by atoms with E-state index >= 15 is 0 Å². The quantitative estimate of drug-likeness (QED) is 0.413. The zero-order chi connectivity index (χ0) is 19.8. The zero-order valence-corrected chi connectivity index (χ0v) is 15.4. The number of carbonyl (C=O) groups excluding carboxylic acids is 1. The lowest BCUT2D eigenvalue weighted by Crippen LogP contribution is -2.24. The molecule has 1 aromatic heterocycles. The summed E-state index contributed by atoms with van der Waals surface area (Å²) < 4.78 is 21.9. The van der Waals surface area contributed by atoms with Gasteiger partial charge >= 0.3 is 11.7 Å². The molecule has 3 rings (SSSR count). The van der Waals surface area contributed by atoms with Crippen LogP contribution < -0.4 is 15.2 Å². The van der Waals surface area contributed by atoms with E-state index in [0.29, 0.717) is 17.9 Å². The first-order chi connectivity index (χ1) is 13.7. The van der Waals surface area contributed by atoms with E-state index in [0.717, 1.165) is 10.4 Å². The number of nitrogens with zero attached hydrogens (tertiary/aromatic N) is 2. The van der Waals surface area contributed by atoms with E-state index in [1.165, 1.54) is 0 Å². The molecule has 8 nitrogen and oxygen atoms in total. The molecule has 0 N–H and O–H groups in total. The second-order valence-electron chi connectivity index (χ2n) is 5.67. The zero-order valence-electron chi connectivity index (χ0n) is 15.4. The molecule has 0 radical (unpaired) electrons. The topological polar surface area (TPSA) is 92.8 Å². The number of hydrogen-bond acceptors (Lipinski definition) is 7. The summed E-state index contributed by atoms with van der Waals surface area (Å²) in [7, 11) is 0. The van der Waals surface area contributed by atoms with E-state index in [4.69, 9.17) is 18.6 Å². The number of carbonyl (C=O) groups is 1. The van der Waals surface area contributed by atoms with Crippen molar-refractivity contribution in [3.63, 3.8) is 0 Å². The number of rotatable bonds is 9. The van der Waals surface area contributed by atoms with Gasteiger partial charge in [0.05, 0.1) is 6.61 Å². The van der Waals surface area contributed by atoms with Crippen molar-refractivity contribution < 1.29 is 23.4 Å². The second kappa shape index (κ2) is 9.40. The van der Waals surface area contributed by atoms with Crippen molar-refractivity contribution in [3.05, 3.63) is 65.1 Å². The van der Waals surface area contributed by atoms with Crippen molar-refractivity contribution in [2.24, 2.45) is 0 Å². The van der Waals surface area contributed by atoms with Crippen molar-refractivity contribution in [1.82, 2.24) is 9.78 Å². The molecule has 2 aromatic carbocycles. The molecule has 0 atom stereocenters. The summed E-state index contributed by atoms with van der Waals surface area (Å²) >= 11 is 0. The van der Waals surface area contributed by atoms with Crippen LogP contribution in [-0.2, 0) is 16.1 Å². The van der Waals surface area contributed by atoms with Gasteiger partial charge in [-0.2, -0.15) is 4.68 Å². The molecular weight excluding hydrogens is 364 g/mol. The number of hydrogen-bond donors (Lipinski definition) is 0. The van der Waals surface area contributed by atoms with Crippen LogP contribution in [0.2, 0.25) is 0 Å². The average molecular weight is 384 g/mol. The second-order valence-corrected chi connectivity index (χ2v) is 5.67. The van der Waals surface area contributed by atoms with E-state index in [2.05, 4.69) is 5.10 Å². The van der Waals surface area contributed by atoms with E-state index in [1.54, 1.807) is 48.5 Å². The minimum absolute atomic E-state index is 0.0458. The van der Waals surface area contributed by atoms with Crippen molar-refractivity contribution in [2.45, 2.75) is 13.5 Å². The first-order valence-electron chi connectivity index (χ1n) is 8.80. The van der Waals surface area contributed by atoms with E-state index in [1.807, 2.05) is 13.0 Å². The maximum Gasteiger partial charge on any atom is 0.437 e. The van der Waals surface area contributed by atoms with Gasteiger partial charge in [-0.3, -0.25) is 4.79 Å². The summed E-state index contributed by atoms with van der Waals surface area (Å²) in [6.45, 7) is 2.40. The van der Waals surface area contributed by atoms with E-state index in [9.17, 15) is 9.59 Å². The molecule has 0 unspecified atom stereocenters. The van der Waals surface area contributed by atoms with Crippen molar-refractivity contribution in [3.8, 4) is 23.0 Å². The highest BCUT2D eigenvalue weighted by Crippen LogP contribution is 2.17. The number of ether oxygens (including phenoxy) is 3. The lowest BCUT2D eigenvalue weighted by Gasteiger charge is -2.08. The van der Waals surface area contributed by atoms with Crippen LogP contribution in [0.25, 0.3) is 11.5 Å². The Morgan fingerprint density at radius 1 is 1.00 bits per heavy atom. The van der Waals surface area contributed by atoms with Gasteiger partial charge in [0.15, 0.2) is 0 Å². The third-order valence-corrected chi connectivity index (χ3v) is 3.66. The van der Waals surface area contributed by atoms with E-state index < -0.39 is 11.7 Å². The Hall–Kier alpha value is -3.55. The first-order valence-corrected chi connectivity index (χ1v) is 8.80. The smallest absolute Gasteiger partial charge is 0.437 e. The molecule has 0 aliphatic rings. The first kappa shape index (κ1) is 19.2. The van der Waals surface area contributed by atoms with Gasteiger partial charge in [-0.1, -0.05) is 18.2 Å². The normalized spacial score (nSPS) is 10.5. The van der Waals surface area contributed by atoms with Gasteiger partial charge in [-0.15, -0.1) is 5.10 Å². The molecule has 0 saturated heterocycles. The molecule has 0 saturated carbocycles. The Labute approximate surface area is 161 Å². The highest BCUT2D eigenvalue weighted by molar-refractivity contribution is 5.69. The average Bonchev–Trinajstić information content (AvgIpc) is 3.08. The fourth-order valence-corrected chi connectivity index (χ4v) is 2.39. The summed E-state index contributed by atoms with van der Waals surface area (Å²) in [5.41, 5.74) is 0.649. The molecule has 0 aliphatic carbocycles. The summed E-state index contributed by atoms with van der Waals surface area (Å²) in [5, 5.41) is 4.01. The third kappa shape index (κ3) is 5.23. The Morgan fingerprint density at radius 3 is 2.36 bits per heavy atom. The Morgan fingerprint density at radius 2 is 1.68 bits per heavy atom. The van der Waals surface area contributed by atoms with Gasteiger partial charge < -0.3 is 18.6 Å². The summed E-state index contributed by atoms with van der Waals surface area (Å²) in [5.74, 6) is 0.220. The largest absolute Gasteiger partial charge is 0.494 e. The van der Waals surface area contributed by atoms with Crippen LogP contribution in [0.4, 0.5) is 0 Å². The molecule has 0 bridgehead atoms. The fraction of sp³-hybridized carbons (Fsp3) is 0.250. The predicted octanol–water partition coefficient (Wildman–Crippen LogP) is 2.52. The van der Waals surface area contributed by atoms with Gasteiger partial charge in [0.25, 0.3) is 0 Å². The molecule has 28 heavy (non-hydrogen) atoms. The number of aromatic nitrogens is 2. The van der Waals surface area contributed by atoms with Gasteiger partial charge in [0, 0.05) is 5.56 Å². The molecule has 8 heteroatoms. The Kier molecular flexibility index (Phi) is 6.46. The van der Waals surface area contributed by atoms with Crippen LogP contribution in [-0.4, -0.2) is 35.6 Å². The monoisotopic (exact) mass is 384 g/mol. The van der Waals surface area contributed by atoms with Gasteiger partial charge in [0.1, 0.15) is 31.3 Å². The molecule has 1 heterocycles. The predicted molar refractivity (Wildman–Crippen MR) is 100 cm³/mol. The van der Waals surface area contributed by atoms with Crippen molar-refractivity contribution in [1.29, 1.82) is 0 Å². The summed E-state index contributed by atoms with van der Waals surface area (Å²) in [4.78, 5) is 23.7. The lowest BCUT2D eigenvalue weighted by atomic mass is 10.2. The SMILES string of the molecule is CCOc1ccc(OCCOC(=O)Cn2nc(-c3ccccc3)oc2=O)cc1. The minimum atomic E-state index is -0.721. The highest BCUT2D eigenvalue weighted by Gasteiger charge is 2.13. The standard InChI is InChI=1S/C20H20N2O6/c1-2-25-16-8-10-17(11-9-16)26-12-13-27-18(23)14-22-20(24)28-19(21-22)15-6-4-3-5-7-15/h3-11H,2,12-14H2,1H3. The van der Waals surface area contributed by atoms with Crippen LogP contribution in [0.15, 0.2) is 63.8 Å². The van der Waals surface area contributed by atoms with Crippen LogP contribution >= 0.6 is 0 Å². The number of benzene rings is 2. The summed E-state index contributed by atoms with van der Waals surface area (Å²) in [6.07, 6.45) is 0. The Balaban J connectivity index is 1.44. The maximum atomic E-state index is 11.9. The van der Waals surface area contributed by atoms with Gasteiger partial charge in [0.2, 0.25) is 5.89 Å². The van der Waals surface area contributed by atoms with Gasteiger partial charge in [-0.05, 0) is 43.3 Å². The highest BCUT2D eigenvalue weighted by atomic mass is 16.6. The molecule has 0 amide bonds. The van der Waals surface area contributed by atoms with E-state index in [-0.39, 0.29) is 25.6 Å². The van der Waals surface area contributed by atoms with Crippen molar-refractivity contribution >= 4 is 5.97 Å². The van der Waals surface area contributed by atoms with Crippen LogP contribution in [0.3, 0.4) is 0 Å². The molecule has 3 aromatic rings. The maximum absolute atomic E-state index is 11.9. The minimum Gasteiger partial charge on any atom is -0.494 e.